The number of rotatable bonds is 4. The Labute approximate surface area is 156 Å². The van der Waals surface area contributed by atoms with Crippen molar-refractivity contribution in [3.05, 3.63) is 23.2 Å². The predicted octanol–water partition coefficient (Wildman–Crippen LogP) is 1.60. The third-order valence-corrected chi connectivity index (χ3v) is 5.77. The first-order valence-corrected chi connectivity index (χ1v) is 9.84. The number of aliphatic hydroxyl groups excluding tert-OH is 1. The van der Waals surface area contributed by atoms with Crippen LogP contribution < -0.4 is 0 Å². The third-order valence-electron chi connectivity index (χ3n) is 5.77. The van der Waals surface area contributed by atoms with E-state index < -0.39 is 0 Å². The molecule has 2 aliphatic rings. The molecule has 0 bridgehead atoms. The van der Waals surface area contributed by atoms with Gasteiger partial charge in [-0.3, -0.25) is 4.79 Å². The average molecular weight is 364 g/mol. The van der Waals surface area contributed by atoms with Gasteiger partial charge in [0.15, 0.2) is 0 Å². The maximum Gasteiger partial charge on any atom is 0.257 e. The van der Waals surface area contributed by atoms with Gasteiger partial charge in [-0.1, -0.05) is 0 Å². The molecule has 26 heavy (non-hydrogen) atoms. The molecule has 2 atom stereocenters. The summed E-state index contributed by atoms with van der Waals surface area (Å²) < 4.78 is 5.54. The number of hydrogen-bond acceptors (Lipinski definition) is 5. The fraction of sp³-hybridized carbons (Fsp3) is 0.750. The average Bonchev–Trinajstić information content (AvgIpc) is 2.82. The number of furan rings is 1. The van der Waals surface area contributed by atoms with Crippen LogP contribution in [-0.2, 0) is 0 Å². The van der Waals surface area contributed by atoms with Crippen LogP contribution in [0.15, 0.2) is 10.5 Å². The lowest BCUT2D eigenvalue weighted by atomic mass is 9.88. The van der Waals surface area contributed by atoms with Crippen LogP contribution in [0.5, 0.6) is 0 Å². The molecule has 1 aromatic rings. The standard InChI is InChI=1S/C20H33N3O3/c1-15-9-19(16(2)26-15)20(25)23-12-17(10-18(13-23)14-24)11-22-6-4-5-21(3)7-8-22/h9,17-18,24H,4-8,10-14H2,1-3H3/t17-,18+/m1/s1. The van der Waals surface area contributed by atoms with Crippen molar-refractivity contribution in [2.45, 2.75) is 26.7 Å². The summed E-state index contributed by atoms with van der Waals surface area (Å²) in [6, 6.07) is 1.83. The molecule has 2 saturated heterocycles. The van der Waals surface area contributed by atoms with Crippen molar-refractivity contribution in [2.24, 2.45) is 11.8 Å². The van der Waals surface area contributed by atoms with E-state index in [0.29, 0.717) is 23.8 Å². The van der Waals surface area contributed by atoms with Gasteiger partial charge in [-0.05, 0) is 64.7 Å². The van der Waals surface area contributed by atoms with Crippen molar-refractivity contribution in [1.82, 2.24) is 14.7 Å². The summed E-state index contributed by atoms with van der Waals surface area (Å²) in [5.74, 6) is 2.08. The zero-order chi connectivity index (χ0) is 18.7. The lowest BCUT2D eigenvalue weighted by molar-refractivity contribution is 0.0452. The first-order chi connectivity index (χ1) is 12.5. The van der Waals surface area contributed by atoms with Crippen molar-refractivity contribution in [1.29, 1.82) is 0 Å². The highest BCUT2D eigenvalue weighted by molar-refractivity contribution is 5.95. The Morgan fingerprint density at radius 1 is 1.19 bits per heavy atom. The fourth-order valence-electron chi connectivity index (χ4n) is 4.41. The van der Waals surface area contributed by atoms with Gasteiger partial charge in [0.05, 0.1) is 5.56 Å². The minimum Gasteiger partial charge on any atom is -0.466 e. The molecule has 6 nitrogen and oxygen atoms in total. The smallest absolute Gasteiger partial charge is 0.257 e. The molecule has 6 heteroatoms. The number of piperidine rings is 1. The second-order valence-electron chi connectivity index (χ2n) is 8.14. The topological polar surface area (TPSA) is 60.2 Å². The van der Waals surface area contributed by atoms with Gasteiger partial charge >= 0.3 is 0 Å². The molecule has 0 aromatic carbocycles. The van der Waals surface area contributed by atoms with E-state index >= 15 is 0 Å². The van der Waals surface area contributed by atoms with Gasteiger partial charge in [-0.15, -0.1) is 0 Å². The van der Waals surface area contributed by atoms with Crippen LogP contribution in [0.1, 0.15) is 34.7 Å². The molecule has 2 fully saturated rings. The van der Waals surface area contributed by atoms with E-state index in [1.807, 2.05) is 24.8 Å². The minimum absolute atomic E-state index is 0.0399. The summed E-state index contributed by atoms with van der Waals surface area (Å²) in [6.07, 6.45) is 2.19. The highest BCUT2D eigenvalue weighted by Crippen LogP contribution is 2.26. The molecule has 1 amide bonds. The van der Waals surface area contributed by atoms with E-state index in [0.717, 1.165) is 51.4 Å². The summed E-state index contributed by atoms with van der Waals surface area (Å²) in [7, 11) is 2.18. The molecule has 3 heterocycles. The Hall–Kier alpha value is -1.37. The maximum absolute atomic E-state index is 13.0. The Bertz CT molecular complexity index is 615. The first kappa shape index (κ1) is 19.4. The van der Waals surface area contributed by atoms with Gasteiger partial charge in [-0.25, -0.2) is 0 Å². The predicted molar refractivity (Wildman–Crippen MR) is 101 cm³/mol. The van der Waals surface area contributed by atoms with E-state index in [1.165, 1.54) is 6.42 Å². The van der Waals surface area contributed by atoms with Gasteiger partial charge in [0.2, 0.25) is 0 Å². The number of aliphatic hydroxyl groups is 1. The highest BCUT2D eigenvalue weighted by atomic mass is 16.3. The molecular weight excluding hydrogens is 330 g/mol. The molecule has 1 aromatic heterocycles. The number of aryl methyl sites for hydroxylation is 2. The Kier molecular flexibility index (Phi) is 6.37. The third kappa shape index (κ3) is 4.67. The Balaban J connectivity index is 1.66. The zero-order valence-electron chi connectivity index (χ0n) is 16.4. The van der Waals surface area contributed by atoms with Crippen molar-refractivity contribution in [2.75, 3.05) is 59.5 Å². The molecule has 3 rings (SSSR count). The summed E-state index contributed by atoms with van der Waals surface area (Å²) in [5, 5.41) is 9.75. The lowest BCUT2D eigenvalue weighted by Gasteiger charge is -2.39. The van der Waals surface area contributed by atoms with Crippen molar-refractivity contribution < 1.29 is 14.3 Å². The maximum atomic E-state index is 13.0. The van der Waals surface area contributed by atoms with Crippen molar-refractivity contribution >= 4 is 5.91 Å². The summed E-state index contributed by atoms with van der Waals surface area (Å²) in [4.78, 5) is 19.8. The van der Waals surface area contributed by atoms with Crippen LogP contribution >= 0.6 is 0 Å². The fourth-order valence-corrected chi connectivity index (χ4v) is 4.41. The number of likely N-dealkylation sites (tertiary alicyclic amines) is 1. The summed E-state index contributed by atoms with van der Waals surface area (Å²) in [6.45, 7) is 10.8. The zero-order valence-corrected chi connectivity index (χ0v) is 16.4. The van der Waals surface area contributed by atoms with Gasteiger partial charge in [0.25, 0.3) is 5.91 Å². The van der Waals surface area contributed by atoms with Crippen LogP contribution in [0.25, 0.3) is 0 Å². The Morgan fingerprint density at radius 2 is 1.96 bits per heavy atom. The van der Waals surface area contributed by atoms with Gasteiger partial charge in [0, 0.05) is 39.3 Å². The van der Waals surface area contributed by atoms with Gasteiger partial charge in [0.1, 0.15) is 11.5 Å². The van der Waals surface area contributed by atoms with Crippen LogP contribution in [0.3, 0.4) is 0 Å². The lowest BCUT2D eigenvalue weighted by Crippen LogP contribution is -2.48. The molecular formula is C20H33N3O3. The number of carbonyl (C=O) groups excluding carboxylic acids is 1. The molecule has 0 spiro atoms. The van der Waals surface area contributed by atoms with Gasteiger partial charge < -0.3 is 24.2 Å². The van der Waals surface area contributed by atoms with E-state index in [9.17, 15) is 9.90 Å². The van der Waals surface area contributed by atoms with Crippen LogP contribution in [0.2, 0.25) is 0 Å². The number of carbonyl (C=O) groups is 1. The molecule has 2 aliphatic heterocycles. The number of nitrogens with zero attached hydrogens (tertiary/aromatic N) is 3. The summed E-state index contributed by atoms with van der Waals surface area (Å²) in [5.41, 5.74) is 0.663. The van der Waals surface area contributed by atoms with Crippen LogP contribution in [-0.4, -0.2) is 85.2 Å². The van der Waals surface area contributed by atoms with E-state index in [4.69, 9.17) is 4.42 Å². The normalized spacial score (nSPS) is 26.1. The summed E-state index contributed by atoms with van der Waals surface area (Å²) >= 11 is 0. The van der Waals surface area contributed by atoms with Gasteiger partial charge in [-0.2, -0.15) is 0 Å². The van der Waals surface area contributed by atoms with E-state index in [2.05, 4.69) is 16.8 Å². The Morgan fingerprint density at radius 3 is 2.65 bits per heavy atom. The molecule has 1 N–H and O–H groups in total. The largest absolute Gasteiger partial charge is 0.466 e. The molecule has 0 saturated carbocycles. The molecule has 0 radical (unpaired) electrons. The quantitative estimate of drug-likeness (QED) is 0.881. The van der Waals surface area contributed by atoms with E-state index in [1.54, 1.807) is 0 Å². The van der Waals surface area contributed by atoms with Crippen molar-refractivity contribution in [3.63, 3.8) is 0 Å². The SMILES string of the molecule is Cc1cc(C(=O)N2C[C@@H](CN3CCCN(C)CC3)C[C@H](CO)C2)c(C)o1. The number of amides is 1. The van der Waals surface area contributed by atoms with Crippen molar-refractivity contribution in [3.8, 4) is 0 Å². The number of likely N-dealkylation sites (N-methyl/N-ethyl adjacent to an activating group) is 1. The van der Waals surface area contributed by atoms with Crippen LogP contribution in [0, 0.1) is 25.7 Å². The van der Waals surface area contributed by atoms with Crippen LogP contribution in [0.4, 0.5) is 0 Å². The minimum atomic E-state index is 0.0399. The molecule has 0 unspecified atom stereocenters. The number of hydrogen-bond donors (Lipinski definition) is 1. The molecule has 146 valence electrons. The second-order valence-corrected chi connectivity index (χ2v) is 8.14. The van der Waals surface area contributed by atoms with E-state index in [-0.39, 0.29) is 18.4 Å². The molecule has 0 aliphatic carbocycles. The second kappa shape index (κ2) is 8.55. The highest BCUT2D eigenvalue weighted by Gasteiger charge is 2.32. The monoisotopic (exact) mass is 363 g/mol. The first-order valence-electron chi connectivity index (χ1n) is 9.84.